The number of aromatic hydroxyl groups is 2. The van der Waals surface area contributed by atoms with Crippen molar-refractivity contribution in [3.63, 3.8) is 0 Å². The number of pyridine rings is 1. The lowest BCUT2D eigenvalue weighted by Gasteiger charge is -2.44. The highest BCUT2D eigenvalue weighted by Crippen LogP contribution is 2.56. The van der Waals surface area contributed by atoms with Gasteiger partial charge in [0, 0.05) is 34.8 Å². The Balaban J connectivity index is 1.61. The number of dihydropyridines is 1. The summed E-state index contributed by atoms with van der Waals surface area (Å²) in [6, 6.07) is 11.0. The number of aromatic nitrogens is 1. The van der Waals surface area contributed by atoms with Crippen LogP contribution in [0.2, 0.25) is 4.34 Å². The van der Waals surface area contributed by atoms with Gasteiger partial charge in [-0.3, -0.25) is 4.98 Å². The minimum Gasteiger partial charge on any atom is -0.504 e. The molecule has 6 nitrogen and oxygen atoms in total. The zero-order chi connectivity index (χ0) is 21.2. The van der Waals surface area contributed by atoms with Crippen molar-refractivity contribution in [1.29, 1.82) is 0 Å². The zero-order valence-corrected chi connectivity index (χ0v) is 17.9. The number of halogens is 1. The first-order valence-corrected chi connectivity index (χ1v) is 11.1. The summed E-state index contributed by atoms with van der Waals surface area (Å²) in [4.78, 5) is 8.18. The molecule has 0 radical (unpaired) electrons. The van der Waals surface area contributed by atoms with E-state index in [4.69, 9.17) is 21.3 Å². The third kappa shape index (κ3) is 2.60. The predicted octanol–water partition coefficient (Wildman–Crippen LogP) is 4.28. The lowest BCUT2D eigenvalue weighted by molar-refractivity contribution is 0.305. The van der Waals surface area contributed by atoms with Crippen molar-refractivity contribution in [2.24, 2.45) is 0 Å². The van der Waals surface area contributed by atoms with Gasteiger partial charge in [-0.05, 0) is 30.3 Å². The lowest BCUT2D eigenvalue weighted by atomic mass is 9.69. The van der Waals surface area contributed by atoms with E-state index < -0.39 is 5.41 Å². The van der Waals surface area contributed by atoms with E-state index >= 15 is 0 Å². The Morgan fingerprint density at radius 3 is 2.94 bits per heavy atom. The van der Waals surface area contributed by atoms with Crippen molar-refractivity contribution < 1.29 is 14.9 Å². The molecule has 0 saturated carbocycles. The van der Waals surface area contributed by atoms with Gasteiger partial charge in [0.2, 0.25) is 0 Å². The number of anilines is 1. The van der Waals surface area contributed by atoms with Crippen LogP contribution in [0.1, 0.15) is 16.1 Å². The molecule has 3 aliphatic rings. The fourth-order valence-corrected chi connectivity index (χ4v) is 5.81. The molecule has 1 unspecified atom stereocenters. The summed E-state index contributed by atoms with van der Waals surface area (Å²) in [7, 11) is 0. The first-order valence-electron chi connectivity index (χ1n) is 9.89. The molecular formula is C23H18ClN3O3S. The average molecular weight is 452 g/mol. The van der Waals surface area contributed by atoms with Crippen molar-refractivity contribution in [3.8, 4) is 17.2 Å². The third-order valence-corrected chi connectivity index (χ3v) is 7.28. The minimum atomic E-state index is -0.694. The second-order valence-corrected chi connectivity index (χ2v) is 9.54. The number of rotatable bonds is 2. The van der Waals surface area contributed by atoms with Gasteiger partial charge in [-0.15, -0.1) is 11.3 Å². The molecule has 3 aromatic rings. The number of hydrogen-bond acceptors (Lipinski definition) is 7. The van der Waals surface area contributed by atoms with E-state index in [2.05, 4.69) is 28.4 Å². The summed E-state index contributed by atoms with van der Waals surface area (Å²) in [5, 5.41) is 23.8. The number of ether oxygens (including phenoxy) is 1. The maximum atomic E-state index is 10.3. The Bertz CT molecular complexity index is 1280. The van der Waals surface area contributed by atoms with Gasteiger partial charge in [-0.2, -0.15) is 0 Å². The highest BCUT2D eigenvalue weighted by Gasteiger charge is 2.53. The van der Waals surface area contributed by atoms with Gasteiger partial charge >= 0.3 is 0 Å². The summed E-state index contributed by atoms with van der Waals surface area (Å²) in [6.07, 6.45) is 5.97. The van der Waals surface area contributed by atoms with E-state index in [1.807, 2.05) is 18.2 Å². The topological polar surface area (TPSA) is 77.8 Å². The smallest absolute Gasteiger partial charge is 0.161 e. The van der Waals surface area contributed by atoms with Gasteiger partial charge in [0.05, 0.1) is 22.3 Å². The predicted molar refractivity (Wildman–Crippen MR) is 120 cm³/mol. The minimum absolute atomic E-state index is 0.174. The van der Waals surface area contributed by atoms with Crippen LogP contribution in [-0.2, 0) is 12.0 Å². The van der Waals surface area contributed by atoms with Gasteiger partial charge in [0.25, 0.3) is 0 Å². The molecule has 156 valence electrons. The van der Waals surface area contributed by atoms with E-state index in [0.29, 0.717) is 25.4 Å². The van der Waals surface area contributed by atoms with E-state index in [9.17, 15) is 10.2 Å². The Labute approximate surface area is 187 Å². The number of thiophene rings is 1. The van der Waals surface area contributed by atoms with E-state index in [1.165, 1.54) is 6.07 Å². The fraction of sp³-hybridized carbons (Fsp3) is 0.174. The molecule has 3 N–H and O–H groups in total. The van der Waals surface area contributed by atoms with Crippen molar-refractivity contribution in [2.75, 3.05) is 18.1 Å². The number of benzene rings is 1. The Morgan fingerprint density at radius 2 is 2.10 bits per heavy atom. The van der Waals surface area contributed by atoms with Gasteiger partial charge < -0.3 is 25.2 Å². The molecule has 5 heterocycles. The molecule has 0 bridgehead atoms. The Kier molecular flexibility index (Phi) is 4.00. The maximum Gasteiger partial charge on any atom is 0.161 e. The highest BCUT2D eigenvalue weighted by atomic mass is 35.5. The summed E-state index contributed by atoms with van der Waals surface area (Å²) in [5.74, 6) is 1.16. The monoisotopic (exact) mass is 451 g/mol. The molecule has 1 atom stereocenters. The molecule has 0 aliphatic carbocycles. The standard InChI is InChI=1S/C23H18ClN3O3S/c24-20-6-5-13(31-20)11-27-16-4-2-7-25-21(16)23(14-3-1-8-26-22(14)27)12-30-19-10-18(29)17(28)9-15(19)23/h1-7,9-10,26,28-29H,8,11-12H2. The lowest BCUT2D eigenvalue weighted by Crippen LogP contribution is -2.47. The summed E-state index contributed by atoms with van der Waals surface area (Å²) >= 11 is 7.75. The molecule has 0 fully saturated rings. The molecule has 0 saturated heterocycles. The molecule has 31 heavy (non-hydrogen) atoms. The normalized spacial score (nSPS) is 20.9. The molecule has 1 aromatic carbocycles. The van der Waals surface area contributed by atoms with Crippen LogP contribution in [0.4, 0.5) is 5.69 Å². The average Bonchev–Trinajstić information content (AvgIpc) is 3.36. The highest BCUT2D eigenvalue weighted by molar-refractivity contribution is 7.16. The molecule has 0 amide bonds. The first-order chi connectivity index (χ1) is 15.1. The molecular weight excluding hydrogens is 434 g/mol. The quantitative estimate of drug-likeness (QED) is 0.505. The summed E-state index contributed by atoms with van der Waals surface area (Å²) in [6.45, 7) is 1.69. The van der Waals surface area contributed by atoms with Crippen LogP contribution in [0.5, 0.6) is 17.2 Å². The van der Waals surface area contributed by atoms with Crippen LogP contribution < -0.4 is 15.0 Å². The van der Waals surface area contributed by atoms with Crippen LogP contribution in [0.25, 0.3) is 0 Å². The van der Waals surface area contributed by atoms with Crippen molar-refractivity contribution >= 4 is 28.6 Å². The Hall–Kier alpha value is -3.16. The molecule has 1 spiro atoms. The number of allylic oxidation sites excluding steroid dienone is 1. The number of fused-ring (bicyclic) bond motifs is 5. The van der Waals surface area contributed by atoms with E-state index in [1.54, 1.807) is 23.6 Å². The second kappa shape index (κ2) is 6.67. The zero-order valence-electron chi connectivity index (χ0n) is 16.3. The molecule has 3 aliphatic heterocycles. The van der Waals surface area contributed by atoms with Crippen molar-refractivity contribution in [3.05, 3.63) is 86.6 Å². The van der Waals surface area contributed by atoms with Crippen molar-refractivity contribution in [2.45, 2.75) is 12.0 Å². The second-order valence-electron chi connectivity index (χ2n) is 7.74. The fourth-order valence-electron chi connectivity index (χ4n) is 4.73. The summed E-state index contributed by atoms with van der Waals surface area (Å²) in [5.41, 5.74) is 2.95. The van der Waals surface area contributed by atoms with Crippen LogP contribution >= 0.6 is 22.9 Å². The van der Waals surface area contributed by atoms with Gasteiger partial charge in [-0.1, -0.05) is 23.8 Å². The van der Waals surface area contributed by atoms with Gasteiger partial charge in [0.1, 0.15) is 23.6 Å². The molecule has 6 rings (SSSR count). The largest absolute Gasteiger partial charge is 0.504 e. The van der Waals surface area contributed by atoms with E-state index in [0.717, 1.165) is 37.6 Å². The number of phenolic OH excluding ortho intramolecular Hbond substituents is 2. The summed E-state index contributed by atoms with van der Waals surface area (Å²) < 4.78 is 6.81. The first kappa shape index (κ1) is 18.6. The van der Waals surface area contributed by atoms with Crippen LogP contribution in [0.15, 0.2) is 66.1 Å². The van der Waals surface area contributed by atoms with Crippen molar-refractivity contribution in [1.82, 2.24) is 10.3 Å². The van der Waals surface area contributed by atoms with Crippen LogP contribution in [0, 0.1) is 0 Å². The maximum absolute atomic E-state index is 10.3. The number of hydrogen-bond donors (Lipinski definition) is 3. The number of phenols is 2. The van der Waals surface area contributed by atoms with Crippen LogP contribution in [-0.4, -0.2) is 28.3 Å². The Morgan fingerprint density at radius 1 is 1.23 bits per heavy atom. The molecule has 8 heteroatoms. The van der Waals surface area contributed by atoms with Gasteiger partial charge in [-0.25, -0.2) is 0 Å². The van der Waals surface area contributed by atoms with E-state index in [-0.39, 0.29) is 11.5 Å². The number of nitrogens with one attached hydrogen (secondary N) is 1. The van der Waals surface area contributed by atoms with Crippen LogP contribution in [0.3, 0.4) is 0 Å². The van der Waals surface area contributed by atoms with Gasteiger partial charge in [0.15, 0.2) is 11.5 Å². The third-order valence-electron chi connectivity index (χ3n) is 6.06. The SMILES string of the molecule is Oc1cc2c(cc1O)C1(CO2)C2=C(NCC=C2)N(Cc2ccc(Cl)s2)c2cccnc21. The number of nitrogens with zero attached hydrogens (tertiary/aromatic N) is 2. The molecule has 2 aromatic heterocycles.